The number of hydrogen-bond acceptors (Lipinski definition) is 2. The van der Waals surface area contributed by atoms with Crippen molar-refractivity contribution in [3.05, 3.63) is 65.2 Å². The van der Waals surface area contributed by atoms with Crippen molar-refractivity contribution in [2.75, 3.05) is 0 Å². The Morgan fingerprint density at radius 1 is 1.15 bits per heavy atom. The summed E-state index contributed by atoms with van der Waals surface area (Å²) in [6.45, 7) is 2.11. The van der Waals surface area contributed by atoms with Gasteiger partial charge in [-0.05, 0) is 60.9 Å². The summed E-state index contributed by atoms with van der Waals surface area (Å²) in [7, 11) is 0. The monoisotopic (exact) mass is 352 g/mol. The van der Waals surface area contributed by atoms with Gasteiger partial charge in [0.15, 0.2) is 6.10 Å². The fraction of sp³-hybridized carbons (Fsp3) is 0.435. The first-order valence-electron chi connectivity index (χ1n) is 9.76. The van der Waals surface area contributed by atoms with Gasteiger partial charge in [0, 0.05) is 5.92 Å². The van der Waals surface area contributed by atoms with E-state index in [-0.39, 0.29) is 0 Å². The quantitative estimate of drug-likeness (QED) is 0.632. The maximum atomic E-state index is 11.4. The van der Waals surface area contributed by atoms with Crippen LogP contribution in [0.4, 0.5) is 0 Å². The van der Waals surface area contributed by atoms with Gasteiger partial charge in [-0.15, -0.1) is 0 Å². The fourth-order valence-corrected chi connectivity index (χ4v) is 3.86. The minimum Gasteiger partial charge on any atom is -0.479 e. The van der Waals surface area contributed by atoms with Crippen molar-refractivity contribution in [1.29, 1.82) is 0 Å². The zero-order chi connectivity index (χ0) is 18.4. The van der Waals surface area contributed by atoms with Gasteiger partial charge in [0.05, 0.1) is 0 Å². The van der Waals surface area contributed by atoms with E-state index in [4.69, 9.17) is 4.74 Å². The van der Waals surface area contributed by atoms with Gasteiger partial charge in [-0.2, -0.15) is 0 Å². The Morgan fingerprint density at radius 3 is 2.65 bits per heavy atom. The summed E-state index contributed by atoms with van der Waals surface area (Å²) in [5.74, 6) is 0.182. The predicted octanol–water partition coefficient (Wildman–Crippen LogP) is 5.57. The number of fused-ring (bicyclic) bond motifs is 1. The van der Waals surface area contributed by atoms with E-state index in [1.807, 2.05) is 12.1 Å². The largest absolute Gasteiger partial charge is 0.479 e. The highest BCUT2D eigenvalue weighted by Gasteiger charge is 2.22. The maximum Gasteiger partial charge on any atom is 0.344 e. The van der Waals surface area contributed by atoms with Gasteiger partial charge in [0.1, 0.15) is 5.75 Å². The molecular weight excluding hydrogens is 324 g/mol. The molecule has 0 radical (unpaired) electrons. The molecule has 3 heteroatoms. The molecule has 3 rings (SSSR count). The number of rotatable bonds is 8. The highest BCUT2D eigenvalue weighted by atomic mass is 16.5. The van der Waals surface area contributed by atoms with Gasteiger partial charge in [-0.25, -0.2) is 4.79 Å². The first-order chi connectivity index (χ1) is 12.7. The predicted molar refractivity (Wildman–Crippen MR) is 104 cm³/mol. The van der Waals surface area contributed by atoms with E-state index in [0.29, 0.717) is 18.1 Å². The van der Waals surface area contributed by atoms with Gasteiger partial charge in [-0.3, -0.25) is 0 Å². The molecule has 0 saturated carbocycles. The van der Waals surface area contributed by atoms with Crippen LogP contribution in [0.3, 0.4) is 0 Å². The topological polar surface area (TPSA) is 46.5 Å². The molecular formula is C23H28O3. The van der Waals surface area contributed by atoms with Crippen LogP contribution in [0.2, 0.25) is 0 Å². The van der Waals surface area contributed by atoms with Crippen molar-refractivity contribution in [3.8, 4) is 5.75 Å². The molecule has 2 atom stereocenters. The van der Waals surface area contributed by atoms with Crippen molar-refractivity contribution in [2.45, 2.75) is 63.9 Å². The van der Waals surface area contributed by atoms with E-state index < -0.39 is 12.1 Å². The Hall–Kier alpha value is -2.29. The Morgan fingerprint density at radius 2 is 1.92 bits per heavy atom. The SMILES string of the molecule is CCCCCC(Oc1ccc(C2CCCc3ccccc32)cc1)C(=O)O. The van der Waals surface area contributed by atoms with Crippen LogP contribution >= 0.6 is 0 Å². The fourth-order valence-electron chi connectivity index (χ4n) is 3.86. The molecule has 1 aliphatic rings. The Kier molecular flexibility index (Phi) is 6.32. The summed E-state index contributed by atoms with van der Waals surface area (Å²) in [6, 6.07) is 16.7. The second-order valence-corrected chi connectivity index (χ2v) is 7.15. The summed E-state index contributed by atoms with van der Waals surface area (Å²) >= 11 is 0. The molecule has 0 aromatic heterocycles. The maximum absolute atomic E-state index is 11.4. The highest BCUT2D eigenvalue weighted by Crippen LogP contribution is 2.37. The average molecular weight is 352 g/mol. The summed E-state index contributed by atoms with van der Waals surface area (Å²) in [4.78, 5) is 11.4. The number of carboxylic acids is 1. The Balaban J connectivity index is 1.70. The van der Waals surface area contributed by atoms with Gasteiger partial charge >= 0.3 is 5.97 Å². The second kappa shape index (κ2) is 8.88. The molecule has 26 heavy (non-hydrogen) atoms. The lowest BCUT2D eigenvalue weighted by Gasteiger charge is -2.26. The van der Waals surface area contributed by atoms with Crippen LogP contribution in [0, 0.1) is 0 Å². The lowest BCUT2D eigenvalue weighted by molar-refractivity contribution is -0.145. The molecule has 0 spiro atoms. The van der Waals surface area contributed by atoms with E-state index in [1.54, 1.807) is 0 Å². The zero-order valence-corrected chi connectivity index (χ0v) is 15.5. The van der Waals surface area contributed by atoms with Crippen molar-refractivity contribution in [1.82, 2.24) is 0 Å². The zero-order valence-electron chi connectivity index (χ0n) is 15.5. The van der Waals surface area contributed by atoms with Crippen LogP contribution in [0.5, 0.6) is 5.75 Å². The van der Waals surface area contributed by atoms with Crippen LogP contribution < -0.4 is 4.74 Å². The number of aryl methyl sites for hydroxylation is 1. The Labute approximate surface area is 156 Å². The molecule has 0 heterocycles. The number of carbonyl (C=O) groups is 1. The van der Waals surface area contributed by atoms with Crippen molar-refractivity contribution in [2.24, 2.45) is 0 Å². The number of ether oxygens (including phenoxy) is 1. The van der Waals surface area contributed by atoms with Crippen molar-refractivity contribution in [3.63, 3.8) is 0 Å². The minimum absolute atomic E-state index is 0.425. The molecule has 2 unspecified atom stereocenters. The van der Waals surface area contributed by atoms with E-state index in [1.165, 1.54) is 23.1 Å². The van der Waals surface area contributed by atoms with Gasteiger partial charge < -0.3 is 9.84 Å². The molecule has 0 saturated heterocycles. The molecule has 0 amide bonds. The third kappa shape index (κ3) is 4.46. The normalized spacial score (nSPS) is 17.3. The van der Waals surface area contributed by atoms with Crippen LogP contribution in [-0.4, -0.2) is 17.2 Å². The standard InChI is InChI=1S/C23H28O3/c1-2-3-4-12-22(23(24)25)26-19-15-13-18(14-16-19)21-11-7-9-17-8-5-6-10-20(17)21/h5-6,8,10,13-16,21-22H,2-4,7,9,11-12H2,1H3,(H,24,25). The van der Waals surface area contributed by atoms with Crippen LogP contribution in [0.1, 0.15) is 68.1 Å². The smallest absolute Gasteiger partial charge is 0.344 e. The van der Waals surface area contributed by atoms with E-state index in [0.717, 1.165) is 32.1 Å². The minimum atomic E-state index is -0.883. The highest BCUT2D eigenvalue weighted by molar-refractivity contribution is 5.72. The molecule has 0 bridgehead atoms. The molecule has 3 nitrogen and oxygen atoms in total. The third-order valence-electron chi connectivity index (χ3n) is 5.28. The third-order valence-corrected chi connectivity index (χ3v) is 5.28. The molecule has 1 N–H and O–H groups in total. The average Bonchev–Trinajstić information content (AvgIpc) is 2.67. The molecule has 138 valence electrons. The first kappa shape index (κ1) is 18.5. The molecule has 0 fully saturated rings. The van der Waals surface area contributed by atoms with Crippen molar-refractivity contribution >= 4 is 5.97 Å². The van der Waals surface area contributed by atoms with Gasteiger partial charge in [0.2, 0.25) is 0 Å². The second-order valence-electron chi connectivity index (χ2n) is 7.15. The lowest BCUT2D eigenvalue weighted by atomic mass is 9.79. The lowest BCUT2D eigenvalue weighted by Crippen LogP contribution is -2.26. The van der Waals surface area contributed by atoms with Crippen LogP contribution in [0.25, 0.3) is 0 Å². The number of carboxylic acid groups (broad SMARTS) is 1. The summed E-state index contributed by atoms with van der Waals surface area (Å²) < 4.78 is 5.73. The van der Waals surface area contributed by atoms with Crippen LogP contribution in [-0.2, 0) is 11.2 Å². The van der Waals surface area contributed by atoms with E-state index in [2.05, 4.69) is 43.3 Å². The summed E-state index contributed by atoms with van der Waals surface area (Å²) in [5.41, 5.74) is 4.16. The Bertz CT molecular complexity index is 720. The van der Waals surface area contributed by atoms with Gasteiger partial charge in [0.25, 0.3) is 0 Å². The molecule has 1 aliphatic carbocycles. The first-order valence-corrected chi connectivity index (χ1v) is 9.76. The number of aliphatic carboxylic acids is 1. The van der Waals surface area contributed by atoms with Crippen molar-refractivity contribution < 1.29 is 14.6 Å². The summed E-state index contributed by atoms with van der Waals surface area (Å²) in [5, 5.41) is 9.38. The number of unbranched alkanes of at least 4 members (excludes halogenated alkanes) is 2. The van der Waals surface area contributed by atoms with E-state index >= 15 is 0 Å². The molecule has 2 aromatic rings. The summed E-state index contributed by atoms with van der Waals surface area (Å²) in [6.07, 6.45) is 6.31. The van der Waals surface area contributed by atoms with Gasteiger partial charge in [-0.1, -0.05) is 56.2 Å². The van der Waals surface area contributed by atoms with Crippen LogP contribution in [0.15, 0.2) is 48.5 Å². The molecule has 2 aromatic carbocycles. The van der Waals surface area contributed by atoms with E-state index in [9.17, 15) is 9.90 Å². The number of benzene rings is 2. The molecule has 0 aliphatic heterocycles. The number of hydrogen-bond donors (Lipinski definition) is 1.